The molecule has 2 aromatic heterocycles. The Morgan fingerprint density at radius 2 is 1.44 bits per heavy atom. The summed E-state index contributed by atoms with van der Waals surface area (Å²) < 4.78 is 17.7. The van der Waals surface area contributed by atoms with Crippen molar-refractivity contribution in [2.45, 2.75) is 6.61 Å². The molecule has 0 fully saturated rings. The fraction of sp³-hybridized carbons (Fsp3) is 0.0323. The van der Waals surface area contributed by atoms with Crippen molar-refractivity contribution in [1.29, 1.82) is 0 Å². The zero-order valence-corrected chi connectivity index (χ0v) is 20.3. The Morgan fingerprint density at radius 1 is 0.718 bits per heavy atom. The predicted octanol–water partition coefficient (Wildman–Crippen LogP) is 5.93. The number of hydrogen-bond donors (Lipinski definition) is 3. The third kappa shape index (κ3) is 4.23. The second-order valence-corrected chi connectivity index (χ2v) is 8.86. The van der Waals surface area contributed by atoms with Crippen LogP contribution in [0.1, 0.15) is 5.56 Å². The molecule has 6 aromatic rings. The maximum absolute atomic E-state index is 13.4. The fourth-order valence-electron chi connectivity index (χ4n) is 4.42. The van der Waals surface area contributed by atoms with Gasteiger partial charge in [-0.15, -0.1) is 0 Å². The van der Waals surface area contributed by atoms with E-state index < -0.39 is 29.0 Å². The first kappa shape index (κ1) is 23.9. The molecule has 0 saturated heterocycles. The monoisotopic (exact) mass is 520 g/mol. The minimum atomic E-state index is -0.548. The van der Waals surface area contributed by atoms with Crippen molar-refractivity contribution in [3.05, 3.63) is 117 Å². The van der Waals surface area contributed by atoms with Gasteiger partial charge in [-0.25, -0.2) is 0 Å². The van der Waals surface area contributed by atoms with Crippen molar-refractivity contribution in [3.63, 3.8) is 0 Å². The summed E-state index contributed by atoms with van der Waals surface area (Å²) in [7, 11) is 0. The third-order valence-electron chi connectivity index (χ3n) is 6.38. The first-order chi connectivity index (χ1) is 18.9. The molecule has 0 aliphatic carbocycles. The van der Waals surface area contributed by atoms with Gasteiger partial charge in [0.05, 0.1) is 10.9 Å². The summed E-state index contributed by atoms with van der Waals surface area (Å²) in [5.41, 5.74) is 0.395. The van der Waals surface area contributed by atoms with E-state index in [0.717, 1.165) is 0 Å². The van der Waals surface area contributed by atoms with E-state index in [1.165, 1.54) is 24.3 Å². The Labute approximate surface area is 220 Å². The van der Waals surface area contributed by atoms with Crippen LogP contribution >= 0.6 is 0 Å². The van der Waals surface area contributed by atoms with Crippen molar-refractivity contribution in [2.24, 2.45) is 0 Å². The maximum Gasteiger partial charge on any atom is 0.235 e. The van der Waals surface area contributed by atoms with E-state index >= 15 is 0 Å². The van der Waals surface area contributed by atoms with Gasteiger partial charge in [-0.2, -0.15) is 0 Å². The average molecular weight is 520 g/mol. The number of benzene rings is 4. The topological polar surface area (TPSA) is 130 Å². The lowest BCUT2D eigenvalue weighted by Crippen LogP contribution is -2.11. The number of hydrogen-bond acceptors (Lipinski definition) is 8. The minimum absolute atomic E-state index is 0.0421. The molecular formula is C31H20O8. The van der Waals surface area contributed by atoms with Crippen LogP contribution in [0.4, 0.5) is 0 Å². The molecule has 8 heteroatoms. The number of rotatable bonds is 5. The highest BCUT2D eigenvalue weighted by molar-refractivity contribution is 5.88. The van der Waals surface area contributed by atoms with Gasteiger partial charge in [0.2, 0.25) is 11.2 Å². The highest BCUT2D eigenvalue weighted by atomic mass is 16.5. The van der Waals surface area contributed by atoms with Crippen LogP contribution in [0.25, 0.3) is 44.6 Å². The number of phenolic OH excluding ortho intramolecular Hbond substituents is 3. The molecular weight excluding hydrogens is 500 g/mol. The molecule has 0 unspecified atom stereocenters. The molecule has 0 spiro atoms. The second kappa shape index (κ2) is 9.42. The average Bonchev–Trinajstić information content (AvgIpc) is 2.94. The highest BCUT2D eigenvalue weighted by Gasteiger charge is 2.22. The van der Waals surface area contributed by atoms with Gasteiger partial charge < -0.3 is 28.9 Å². The SMILES string of the molecule is O=c1c(OCc2c(O)cc3oc(-c4ccc(O)cc4)cc(=O)c3c2O)c(-c2ccccc2)oc2ccccc12. The van der Waals surface area contributed by atoms with Crippen molar-refractivity contribution in [1.82, 2.24) is 0 Å². The maximum atomic E-state index is 13.4. The van der Waals surface area contributed by atoms with Gasteiger partial charge in [0.15, 0.2) is 11.2 Å². The standard InChI is InChI=1S/C31H20O8/c32-19-12-10-17(11-13-19)25-15-23(34)27-26(38-25)14-22(33)21(28(27)35)16-37-31-29(36)20-8-4-5-9-24(20)39-30(31)18-6-2-1-3-7-18/h1-15,32-33,35H,16H2. The fourth-order valence-corrected chi connectivity index (χ4v) is 4.42. The van der Waals surface area contributed by atoms with Crippen LogP contribution in [0, 0.1) is 0 Å². The summed E-state index contributed by atoms with van der Waals surface area (Å²) in [5.74, 6) is -0.584. The summed E-state index contributed by atoms with van der Waals surface area (Å²) in [4.78, 5) is 26.4. The Kier molecular flexibility index (Phi) is 5.77. The molecule has 0 amide bonds. The van der Waals surface area contributed by atoms with Crippen molar-refractivity contribution < 1.29 is 28.9 Å². The molecule has 4 aromatic carbocycles. The van der Waals surface area contributed by atoms with E-state index in [2.05, 4.69) is 0 Å². The first-order valence-electron chi connectivity index (χ1n) is 12.0. The van der Waals surface area contributed by atoms with E-state index in [1.807, 2.05) is 6.07 Å². The van der Waals surface area contributed by atoms with Crippen molar-refractivity contribution >= 4 is 21.9 Å². The van der Waals surface area contributed by atoms with Crippen LogP contribution in [0.2, 0.25) is 0 Å². The summed E-state index contributed by atoms with van der Waals surface area (Å²) >= 11 is 0. The summed E-state index contributed by atoms with van der Waals surface area (Å²) in [6, 6.07) is 24.2. The number of fused-ring (bicyclic) bond motifs is 2. The molecule has 0 radical (unpaired) electrons. The normalized spacial score (nSPS) is 11.2. The van der Waals surface area contributed by atoms with E-state index in [9.17, 15) is 24.9 Å². The van der Waals surface area contributed by atoms with E-state index in [0.29, 0.717) is 22.1 Å². The molecule has 0 atom stereocenters. The zero-order chi connectivity index (χ0) is 27.1. The first-order valence-corrected chi connectivity index (χ1v) is 12.0. The number of para-hydroxylation sites is 1. The van der Waals surface area contributed by atoms with Crippen LogP contribution in [0.15, 0.2) is 109 Å². The summed E-state index contributed by atoms with van der Waals surface area (Å²) in [5, 5.41) is 31.4. The van der Waals surface area contributed by atoms with Crippen LogP contribution in [0.3, 0.4) is 0 Å². The smallest absolute Gasteiger partial charge is 0.235 e. The van der Waals surface area contributed by atoms with Crippen molar-refractivity contribution in [3.8, 4) is 45.6 Å². The van der Waals surface area contributed by atoms with Gasteiger partial charge >= 0.3 is 0 Å². The van der Waals surface area contributed by atoms with Gasteiger partial charge in [-0.3, -0.25) is 9.59 Å². The summed E-state index contributed by atoms with van der Waals surface area (Å²) in [6.07, 6.45) is 0. The molecule has 0 saturated carbocycles. The molecule has 0 aliphatic heterocycles. The third-order valence-corrected chi connectivity index (χ3v) is 6.38. The lowest BCUT2D eigenvalue weighted by atomic mass is 10.1. The summed E-state index contributed by atoms with van der Waals surface area (Å²) in [6.45, 7) is -0.435. The number of phenols is 3. The van der Waals surface area contributed by atoms with E-state index in [-0.39, 0.29) is 39.6 Å². The largest absolute Gasteiger partial charge is 0.508 e. The second-order valence-electron chi connectivity index (χ2n) is 8.86. The molecule has 0 bridgehead atoms. The molecule has 39 heavy (non-hydrogen) atoms. The Bertz CT molecular complexity index is 1970. The lowest BCUT2D eigenvalue weighted by molar-refractivity contribution is 0.285. The van der Waals surface area contributed by atoms with Gasteiger partial charge in [-0.05, 0) is 36.4 Å². The van der Waals surface area contributed by atoms with Crippen LogP contribution in [-0.4, -0.2) is 15.3 Å². The zero-order valence-electron chi connectivity index (χ0n) is 20.3. The molecule has 2 heterocycles. The predicted molar refractivity (Wildman–Crippen MR) is 145 cm³/mol. The molecule has 192 valence electrons. The van der Waals surface area contributed by atoms with E-state index in [4.69, 9.17) is 13.6 Å². The number of ether oxygens (including phenoxy) is 1. The lowest BCUT2D eigenvalue weighted by Gasteiger charge is -2.14. The van der Waals surface area contributed by atoms with Crippen LogP contribution < -0.4 is 15.6 Å². The van der Waals surface area contributed by atoms with Gasteiger partial charge in [-0.1, -0.05) is 42.5 Å². The van der Waals surface area contributed by atoms with Crippen LogP contribution in [0.5, 0.6) is 23.0 Å². The van der Waals surface area contributed by atoms with Gasteiger partial charge in [0.25, 0.3) is 0 Å². The molecule has 0 aliphatic rings. The van der Waals surface area contributed by atoms with Crippen molar-refractivity contribution in [2.75, 3.05) is 0 Å². The quantitative estimate of drug-likeness (QED) is 0.255. The van der Waals surface area contributed by atoms with Gasteiger partial charge in [0, 0.05) is 23.3 Å². The molecule has 3 N–H and O–H groups in total. The minimum Gasteiger partial charge on any atom is -0.508 e. The Morgan fingerprint density at radius 3 is 2.21 bits per heavy atom. The Balaban J connectivity index is 1.43. The van der Waals surface area contributed by atoms with Gasteiger partial charge in [0.1, 0.15) is 46.2 Å². The Hall–Kier alpha value is -5.50. The van der Waals surface area contributed by atoms with Crippen LogP contribution in [-0.2, 0) is 6.61 Å². The van der Waals surface area contributed by atoms with E-state index in [1.54, 1.807) is 60.7 Å². The number of aromatic hydroxyl groups is 3. The molecule has 6 rings (SSSR count). The molecule has 8 nitrogen and oxygen atoms in total. The highest BCUT2D eigenvalue weighted by Crippen LogP contribution is 2.37.